The summed E-state index contributed by atoms with van der Waals surface area (Å²) < 4.78 is 28.2. The maximum Gasteiger partial charge on any atom is 0.316 e. The summed E-state index contributed by atoms with van der Waals surface area (Å²) in [7, 11) is 3.22. The minimum atomic E-state index is -0.761. The molecule has 0 aliphatic heterocycles. The number of anilines is 1. The molecule has 20 heavy (non-hydrogen) atoms. The van der Waals surface area contributed by atoms with Gasteiger partial charge >= 0.3 is 6.03 Å². The van der Waals surface area contributed by atoms with Crippen LogP contribution in [-0.2, 0) is 6.54 Å². The van der Waals surface area contributed by atoms with E-state index in [0.717, 1.165) is 12.1 Å². The number of benzene rings is 1. The maximum atomic E-state index is 13.5. The zero-order valence-electron chi connectivity index (χ0n) is 11.2. The van der Waals surface area contributed by atoms with Crippen LogP contribution < -0.4 is 11.1 Å². The van der Waals surface area contributed by atoms with Gasteiger partial charge in [0, 0.05) is 39.3 Å². The van der Waals surface area contributed by atoms with Gasteiger partial charge in [0.2, 0.25) is 5.95 Å². The summed E-state index contributed by atoms with van der Waals surface area (Å²) >= 11 is 0. The molecule has 1 aromatic heterocycles. The van der Waals surface area contributed by atoms with Gasteiger partial charge in [0.15, 0.2) is 5.82 Å². The van der Waals surface area contributed by atoms with Crippen LogP contribution in [0.3, 0.4) is 0 Å². The Morgan fingerprint density at radius 2 is 2.15 bits per heavy atom. The van der Waals surface area contributed by atoms with Crippen molar-refractivity contribution in [2.45, 2.75) is 6.54 Å². The Labute approximate surface area is 114 Å². The molecule has 0 bridgehead atoms. The fourth-order valence-corrected chi connectivity index (χ4v) is 1.83. The lowest BCUT2D eigenvalue weighted by Gasteiger charge is -2.12. The second kappa shape index (κ2) is 5.32. The summed E-state index contributed by atoms with van der Waals surface area (Å²) in [6.45, 7) is 0.537. The number of nitrogens with one attached hydrogen (secondary N) is 1. The molecule has 2 rings (SSSR count). The van der Waals surface area contributed by atoms with Gasteiger partial charge in [0.25, 0.3) is 0 Å². The van der Waals surface area contributed by atoms with Gasteiger partial charge in [0.05, 0.1) is 5.52 Å². The third kappa shape index (κ3) is 2.63. The van der Waals surface area contributed by atoms with Crippen LogP contribution in [0.4, 0.5) is 19.5 Å². The predicted molar refractivity (Wildman–Crippen MR) is 71.1 cm³/mol. The molecule has 0 aliphatic rings. The first-order chi connectivity index (χ1) is 9.40. The van der Waals surface area contributed by atoms with E-state index in [1.165, 1.54) is 9.47 Å². The molecule has 2 aromatic rings. The number of nitrogen functional groups attached to an aromatic ring is 1. The quantitative estimate of drug-likeness (QED) is 0.887. The molecule has 0 saturated carbocycles. The number of amides is 2. The lowest BCUT2D eigenvalue weighted by Crippen LogP contribution is -2.36. The van der Waals surface area contributed by atoms with Crippen LogP contribution in [0, 0.1) is 11.6 Å². The van der Waals surface area contributed by atoms with Gasteiger partial charge in [-0.15, -0.1) is 0 Å². The van der Waals surface area contributed by atoms with Crippen molar-refractivity contribution in [1.82, 2.24) is 19.8 Å². The third-order valence-corrected chi connectivity index (χ3v) is 2.82. The molecular formula is C12H15F2N5O. The Morgan fingerprint density at radius 3 is 2.80 bits per heavy atom. The lowest BCUT2D eigenvalue weighted by atomic mass is 10.3. The van der Waals surface area contributed by atoms with Crippen molar-refractivity contribution in [2.75, 3.05) is 26.4 Å². The molecule has 0 unspecified atom stereocenters. The second-order valence-electron chi connectivity index (χ2n) is 4.50. The first-order valence-electron chi connectivity index (χ1n) is 5.96. The van der Waals surface area contributed by atoms with Crippen molar-refractivity contribution in [3.05, 3.63) is 23.8 Å². The van der Waals surface area contributed by atoms with Crippen molar-refractivity contribution in [3.63, 3.8) is 0 Å². The van der Waals surface area contributed by atoms with Crippen LogP contribution >= 0.6 is 0 Å². The number of nitrogens with zero attached hydrogens (tertiary/aromatic N) is 3. The normalized spacial score (nSPS) is 10.8. The number of fused-ring (bicyclic) bond motifs is 1. The van der Waals surface area contributed by atoms with Gasteiger partial charge in [-0.05, 0) is 0 Å². The minimum absolute atomic E-state index is 0.0165. The van der Waals surface area contributed by atoms with E-state index < -0.39 is 11.6 Å². The number of urea groups is 1. The van der Waals surface area contributed by atoms with Crippen molar-refractivity contribution in [3.8, 4) is 0 Å². The topological polar surface area (TPSA) is 76.2 Å². The van der Waals surface area contributed by atoms with E-state index in [1.807, 2.05) is 0 Å². The molecule has 8 heteroatoms. The number of nitrogens with two attached hydrogens (primary N) is 1. The largest absolute Gasteiger partial charge is 0.369 e. The van der Waals surface area contributed by atoms with Gasteiger partial charge in [-0.3, -0.25) is 0 Å². The molecule has 0 atom stereocenters. The predicted octanol–water partition coefficient (Wildman–Crippen LogP) is 1.17. The Balaban J connectivity index is 2.22. The van der Waals surface area contributed by atoms with E-state index in [2.05, 4.69) is 10.3 Å². The van der Waals surface area contributed by atoms with Crippen molar-refractivity contribution < 1.29 is 13.6 Å². The standard InChI is InChI=1S/C12H15F2N5O/c1-18(2)12(20)16-3-4-19-9-6-7(13)5-8(14)10(9)17-11(19)15/h5-6H,3-4H2,1-2H3,(H2,15,17)(H,16,20). The summed E-state index contributed by atoms with van der Waals surface area (Å²) in [6, 6.07) is 1.66. The molecule has 1 heterocycles. The monoisotopic (exact) mass is 283 g/mol. The Bertz CT molecular complexity index is 653. The highest BCUT2D eigenvalue weighted by Crippen LogP contribution is 2.21. The summed E-state index contributed by atoms with van der Waals surface area (Å²) in [5, 5.41) is 2.64. The van der Waals surface area contributed by atoms with Crippen LogP contribution in [0.5, 0.6) is 0 Å². The zero-order valence-corrected chi connectivity index (χ0v) is 11.2. The number of carbonyl (C=O) groups is 1. The van der Waals surface area contributed by atoms with Crippen molar-refractivity contribution in [2.24, 2.45) is 0 Å². The molecular weight excluding hydrogens is 268 g/mol. The molecule has 6 nitrogen and oxygen atoms in total. The van der Waals surface area contributed by atoms with Gasteiger partial charge in [-0.2, -0.15) is 0 Å². The number of hydrogen-bond donors (Lipinski definition) is 2. The fraction of sp³-hybridized carbons (Fsp3) is 0.333. The van der Waals surface area contributed by atoms with Crippen molar-refractivity contribution in [1.29, 1.82) is 0 Å². The van der Waals surface area contributed by atoms with Gasteiger partial charge in [-0.25, -0.2) is 18.6 Å². The van der Waals surface area contributed by atoms with E-state index in [9.17, 15) is 13.6 Å². The lowest BCUT2D eigenvalue weighted by molar-refractivity contribution is 0.217. The average molecular weight is 283 g/mol. The van der Waals surface area contributed by atoms with Crippen LogP contribution in [0.1, 0.15) is 0 Å². The smallest absolute Gasteiger partial charge is 0.316 e. The van der Waals surface area contributed by atoms with Crippen LogP contribution in [0.2, 0.25) is 0 Å². The molecule has 0 spiro atoms. The maximum absolute atomic E-state index is 13.5. The SMILES string of the molecule is CN(C)C(=O)NCCn1c(N)nc2c(F)cc(F)cc21. The summed E-state index contributed by atoms with van der Waals surface area (Å²) in [5.41, 5.74) is 5.97. The van der Waals surface area contributed by atoms with Crippen LogP contribution in [0.25, 0.3) is 11.0 Å². The van der Waals surface area contributed by atoms with Gasteiger partial charge < -0.3 is 20.5 Å². The van der Waals surface area contributed by atoms with E-state index >= 15 is 0 Å². The number of halogens is 2. The third-order valence-electron chi connectivity index (χ3n) is 2.82. The molecule has 0 aliphatic carbocycles. The Morgan fingerprint density at radius 1 is 1.45 bits per heavy atom. The highest BCUT2D eigenvalue weighted by molar-refractivity contribution is 5.79. The van der Waals surface area contributed by atoms with E-state index in [4.69, 9.17) is 5.73 Å². The first kappa shape index (κ1) is 14.0. The molecule has 108 valence electrons. The summed E-state index contributed by atoms with van der Waals surface area (Å²) in [4.78, 5) is 16.6. The number of rotatable bonds is 3. The number of aromatic nitrogens is 2. The average Bonchev–Trinajstić information content (AvgIpc) is 2.66. The van der Waals surface area contributed by atoms with E-state index in [0.29, 0.717) is 0 Å². The van der Waals surface area contributed by atoms with Gasteiger partial charge in [0.1, 0.15) is 11.3 Å². The Kier molecular flexibility index (Phi) is 3.73. The molecule has 1 aromatic carbocycles. The summed E-state index contributed by atoms with van der Waals surface area (Å²) in [6.07, 6.45) is 0. The minimum Gasteiger partial charge on any atom is -0.369 e. The van der Waals surface area contributed by atoms with Crippen LogP contribution in [0.15, 0.2) is 12.1 Å². The van der Waals surface area contributed by atoms with Crippen LogP contribution in [-0.4, -0.2) is 41.1 Å². The van der Waals surface area contributed by atoms with E-state index in [-0.39, 0.29) is 36.1 Å². The highest BCUT2D eigenvalue weighted by atomic mass is 19.1. The number of carbonyl (C=O) groups excluding carboxylic acids is 1. The number of hydrogen-bond acceptors (Lipinski definition) is 3. The molecule has 0 fully saturated rings. The number of imidazole rings is 1. The fourth-order valence-electron chi connectivity index (χ4n) is 1.83. The second-order valence-corrected chi connectivity index (χ2v) is 4.50. The zero-order chi connectivity index (χ0) is 14.9. The first-order valence-corrected chi connectivity index (χ1v) is 5.96. The molecule has 0 saturated heterocycles. The van der Waals surface area contributed by atoms with E-state index in [1.54, 1.807) is 14.1 Å². The molecule has 0 radical (unpaired) electrons. The molecule has 2 amide bonds. The molecule has 3 N–H and O–H groups in total. The summed E-state index contributed by atoms with van der Waals surface area (Å²) in [5.74, 6) is -1.39. The Hall–Kier alpha value is -2.38. The van der Waals surface area contributed by atoms with Crippen molar-refractivity contribution >= 4 is 23.0 Å². The highest BCUT2D eigenvalue weighted by Gasteiger charge is 2.14. The van der Waals surface area contributed by atoms with Gasteiger partial charge in [-0.1, -0.05) is 0 Å².